The van der Waals surface area contributed by atoms with Crippen molar-refractivity contribution in [3.8, 4) is 17.9 Å². The third kappa shape index (κ3) is 2.19. The molecule has 4 heteroatoms. The predicted molar refractivity (Wildman–Crippen MR) is 44.6 cm³/mol. The van der Waals surface area contributed by atoms with Crippen molar-refractivity contribution in [3.63, 3.8) is 0 Å². The van der Waals surface area contributed by atoms with Crippen molar-refractivity contribution < 1.29 is 4.79 Å². The van der Waals surface area contributed by atoms with Crippen molar-refractivity contribution in [3.05, 3.63) is 16.1 Å². The van der Waals surface area contributed by atoms with Gasteiger partial charge in [0, 0.05) is 5.38 Å². The highest BCUT2D eigenvalue weighted by atomic mass is 32.1. The SMILES string of the molecule is N#CCC#Cc1nc(C=O)cs1. The maximum atomic E-state index is 10.2. The van der Waals surface area contributed by atoms with Gasteiger partial charge in [-0.15, -0.1) is 11.3 Å². The fourth-order valence-electron chi connectivity index (χ4n) is 0.557. The second kappa shape index (κ2) is 4.27. The van der Waals surface area contributed by atoms with Gasteiger partial charge >= 0.3 is 0 Å². The number of aldehydes is 1. The first-order valence-corrected chi connectivity index (χ1v) is 4.01. The van der Waals surface area contributed by atoms with Crippen LogP contribution in [0, 0.1) is 23.2 Å². The summed E-state index contributed by atoms with van der Waals surface area (Å²) in [6.45, 7) is 0. The number of carbonyl (C=O) groups excluding carboxylic acids is 1. The molecule has 0 fully saturated rings. The Hall–Kier alpha value is -1.65. The molecule has 0 saturated heterocycles. The van der Waals surface area contributed by atoms with Crippen molar-refractivity contribution in [2.24, 2.45) is 0 Å². The van der Waals surface area contributed by atoms with E-state index in [9.17, 15) is 4.79 Å². The summed E-state index contributed by atoms with van der Waals surface area (Å²) < 4.78 is 0. The van der Waals surface area contributed by atoms with Gasteiger partial charge in [-0.05, 0) is 5.92 Å². The zero-order valence-corrected chi connectivity index (χ0v) is 6.89. The molecule has 0 aliphatic rings. The molecule has 1 aromatic rings. The first kappa shape index (κ1) is 8.45. The molecule has 58 valence electrons. The highest BCUT2D eigenvalue weighted by Gasteiger charge is 1.95. The molecular weight excluding hydrogens is 172 g/mol. The van der Waals surface area contributed by atoms with Crippen molar-refractivity contribution in [1.82, 2.24) is 4.98 Å². The van der Waals surface area contributed by atoms with Gasteiger partial charge in [0.05, 0.1) is 12.5 Å². The molecule has 0 bridgehead atoms. The quantitative estimate of drug-likeness (QED) is 0.477. The van der Waals surface area contributed by atoms with Crippen LogP contribution in [0.4, 0.5) is 0 Å². The topological polar surface area (TPSA) is 53.8 Å². The van der Waals surface area contributed by atoms with Crippen molar-refractivity contribution in [2.45, 2.75) is 6.42 Å². The Bertz CT molecular complexity index is 378. The van der Waals surface area contributed by atoms with Crippen LogP contribution >= 0.6 is 11.3 Å². The zero-order chi connectivity index (χ0) is 8.81. The molecule has 1 rings (SSSR count). The Morgan fingerprint density at radius 2 is 2.58 bits per heavy atom. The summed E-state index contributed by atoms with van der Waals surface area (Å²) in [5.74, 6) is 5.29. The third-order valence-electron chi connectivity index (χ3n) is 1.01. The molecule has 0 radical (unpaired) electrons. The Labute approximate surface area is 73.7 Å². The van der Waals surface area contributed by atoms with Gasteiger partial charge in [-0.2, -0.15) is 5.26 Å². The number of hydrogen-bond acceptors (Lipinski definition) is 4. The lowest BCUT2D eigenvalue weighted by Crippen LogP contribution is -1.77. The minimum absolute atomic E-state index is 0.190. The van der Waals surface area contributed by atoms with E-state index in [1.54, 1.807) is 5.38 Å². The van der Waals surface area contributed by atoms with Gasteiger partial charge in [-0.1, -0.05) is 5.92 Å². The van der Waals surface area contributed by atoms with Crippen LogP contribution < -0.4 is 0 Å². The summed E-state index contributed by atoms with van der Waals surface area (Å²) >= 11 is 1.30. The normalized spacial score (nSPS) is 7.92. The van der Waals surface area contributed by atoms with Crippen LogP contribution in [0.1, 0.15) is 21.9 Å². The van der Waals surface area contributed by atoms with Crippen LogP contribution in [0.5, 0.6) is 0 Å². The Morgan fingerprint density at radius 1 is 1.75 bits per heavy atom. The first-order chi connectivity index (χ1) is 5.86. The molecule has 12 heavy (non-hydrogen) atoms. The standard InChI is InChI=1S/C8H4N2OS/c9-4-2-1-3-8-10-7(5-11)6-12-8/h5-6H,2H2. The van der Waals surface area contributed by atoms with Gasteiger partial charge in [0.2, 0.25) is 0 Å². The van der Waals surface area contributed by atoms with E-state index in [-0.39, 0.29) is 6.42 Å². The molecule has 3 nitrogen and oxygen atoms in total. The van der Waals surface area contributed by atoms with E-state index >= 15 is 0 Å². The van der Waals surface area contributed by atoms with Crippen LogP contribution in [0.25, 0.3) is 0 Å². The molecule has 0 atom stereocenters. The predicted octanol–water partition coefficient (Wildman–Crippen LogP) is 1.22. The lowest BCUT2D eigenvalue weighted by molar-refractivity contribution is 0.111. The monoisotopic (exact) mass is 176 g/mol. The van der Waals surface area contributed by atoms with E-state index in [4.69, 9.17) is 5.26 Å². The first-order valence-electron chi connectivity index (χ1n) is 3.13. The fourth-order valence-corrected chi connectivity index (χ4v) is 1.19. The molecule has 0 unspecified atom stereocenters. The van der Waals surface area contributed by atoms with Crippen LogP contribution in [-0.4, -0.2) is 11.3 Å². The summed E-state index contributed by atoms with van der Waals surface area (Å²) in [7, 11) is 0. The number of hydrogen-bond donors (Lipinski definition) is 0. The summed E-state index contributed by atoms with van der Waals surface area (Å²) in [6, 6.07) is 1.89. The minimum Gasteiger partial charge on any atom is -0.296 e. The van der Waals surface area contributed by atoms with Crippen LogP contribution in [0.2, 0.25) is 0 Å². The van der Waals surface area contributed by atoms with E-state index in [0.29, 0.717) is 17.0 Å². The van der Waals surface area contributed by atoms with E-state index in [1.165, 1.54) is 11.3 Å². The van der Waals surface area contributed by atoms with Gasteiger partial charge in [-0.3, -0.25) is 4.79 Å². The van der Waals surface area contributed by atoms with Crippen LogP contribution in [0.15, 0.2) is 5.38 Å². The second-order valence-electron chi connectivity index (χ2n) is 1.83. The summed E-state index contributed by atoms with van der Waals surface area (Å²) in [5, 5.41) is 10.4. The summed E-state index contributed by atoms with van der Waals surface area (Å²) in [5.41, 5.74) is 0.390. The third-order valence-corrected chi connectivity index (χ3v) is 1.78. The average Bonchev–Trinajstić information content (AvgIpc) is 2.53. The Kier molecular flexibility index (Phi) is 3.01. The van der Waals surface area contributed by atoms with Crippen molar-refractivity contribution >= 4 is 17.6 Å². The highest BCUT2D eigenvalue weighted by molar-refractivity contribution is 7.10. The molecule has 0 saturated carbocycles. The Balaban J connectivity index is 2.73. The molecule has 1 heterocycles. The molecular formula is C8H4N2OS. The largest absolute Gasteiger partial charge is 0.296 e. The van der Waals surface area contributed by atoms with E-state index in [2.05, 4.69) is 16.8 Å². The van der Waals surface area contributed by atoms with Gasteiger partial charge in [0.25, 0.3) is 0 Å². The number of rotatable bonds is 1. The van der Waals surface area contributed by atoms with Crippen molar-refractivity contribution in [2.75, 3.05) is 0 Å². The van der Waals surface area contributed by atoms with Gasteiger partial charge < -0.3 is 0 Å². The van der Waals surface area contributed by atoms with E-state index in [1.807, 2.05) is 6.07 Å². The lowest BCUT2D eigenvalue weighted by atomic mass is 10.4. The van der Waals surface area contributed by atoms with Crippen LogP contribution in [-0.2, 0) is 0 Å². The van der Waals surface area contributed by atoms with Gasteiger partial charge in [0.15, 0.2) is 11.3 Å². The van der Waals surface area contributed by atoms with Gasteiger partial charge in [-0.25, -0.2) is 4.98 Å². The summed E-state index contributed by atoms with van der Waals surface area (Å²) in [4.78, 5) is 14.1. The zero-order valence-electron chi connectivity index (χ0n) is 6.07. The highest BCUT2D eigenvalue weighted by Crippen LogP contribution is 2.05. The van der Waals surface area contributed by atoms with E-state index in [0.717, 1.165) is 0 Å². The maximum Gasteiger partial charge on any atom is 0.169 e. The number of aromatic nitrogens is 1. The Morgan fingerprint density at radius 3 is 3.17 bits per heavy atom. The molecule has 0 amide bonds. The molecule has 0 aromatic carbocycles. The second-order valence-corrected chi connectivity index (χ2v) is 2.69. The van der Waals surface area contributed by atoms with Crippen molar-refractivity contribution in [1.29, 1.82) is 5.26 Å². The van der Waals surface area contributed by atoms with Crippen LogP contribution in [0.3, 0.4) is 0 Å². The number of thiazole rings is 1. The number of nitriles is 1. The smallest absolute Gasteiger partial charge is 0.169 e. The van der Waals surface area contributed by atoms with E-state index < -0.39 is 0 Å². The molecule has 0 aliphatic carbocycles. The number of nitrogens with zero attached hydrogens (tertiary/aromatic N) is 2. The van der Waals surface area contributed by atoms with Gasteiger partial charge in [0.1, 0.15) is 5.69 Å². The molecule has 0 N–H and O–H groups in total. The number of carbonyl (C=O) groups is 1. The summed E-state index contributed by atoms with van der Waals surface area (Å²) in [6.07, 6.45) is 0.863. The molecule has 0 aliphatic heterocycles. The molecule has 0 spiro atoms. The average molecular weight is 176 g/mol. The maximum absolute atomic E-state index is 10.2. The lowest BCUT2D eigenvalue weighted by Gasteiger charge is -1.73. The minimum atomic E-state index is 0.190. The fraction of sp³-hybridized carbons (Fsp3) is 0.125. The molecule has 1 aromatic heterocycles.